The number of anilines is 1. The normalized spacial score (nSPS) is 12.8. The number of carboxylic acid groups (broad SMARTS) is 1. The smallest absolute Gasteiger partial charge is 0.317 e. The quantitative estimate of drug-likeness (QED) is 0.716. The maximum absolute atomic E-state index is 12.3. The van der Waals surface area contributed by atoms with Gasteiger partial charge in [-0.25, -0.2) is 4.79 Å². The Morgan fingerprint density at radius 3 is 2.50 bits per heavy atom. The molecule has 0 aliphatic carbocycles. The van der Waals surface area contributed by atoms with Crippen molar-refractivity contribution in [3.63, 3.8) is 0 Å². The van der Waals surface area contributed by atoms with E-state index in [-0.39, 0.29) is 31.3 Å². The second-order valence-corrected chi connectivity index (χ2v) is 6.70. The van der Waals surface area contributed by atoms with Gasteiger partial charge in [0, 0.05) is 31.7 Å². The van der Waals surface area contributed by atoms with Gasteiger partial charge in [-0.1, -0.05) is 42.5 Å². The number of aliphatic carboxylic acids is 1. The van der Waals surface area contributed by atoms with Crippen molar-refractivity contribution in [2.24, 2.45) is 0 Å². The maximum Gasteiger partial charge on any atom is 0.317 e. The van der Waals surface area contributed by atoms with E-state index in [4.69, 9.17) is 5.11 Å². The third-order valence-electron chi connectivity index (χ3n) is 4.68. The summed E-state index contributed by atoms with van der Waals surface area (Å²) in [6, 6.07) is 14.7. The highest BCUT2D eigenvalue weighted by Gasteiger charge is 2.20. The maximum atomic E-state index is 12.3. The van der Waals surface area contributed by atoms with Crippen molar-refractivity contribution in [2.75, 3.05) is 18.4 Å². The molecular formula is C21H23N3O4. The molecule has 0 spiro atoms. The van der Waals surface area contributed by atoms with E-state index in [1.807, 2.05) is 18.2 Å². The first kappa shape index (κ1) is 19.4. The minimum absolute atomic E-state index is 0.109. The summed E-state index contributed by atoms with van der Waals surface area (Å²) in [7, 11) is 0. The molecule has 0 saturated heterocycles. The van der Waals surface area contributed by atoms with Crippen LogP contribution >= 0.6 is 0 Å². The number of carboxylic acids is 1. The standard InChI is InChI=1S/C21H23N3O4/c25-19(23-18-8-4-3-6-16(18)13-20(26)27)9-11-22-21(28)24-12-10-15-5-1-2-7-17(15)14-24/h1-8H,9-14H2,(H,22,28)(H,23,25)(H,26,27). The van der Waals surface area contributed by atoms with Crippen LogP contribution in [0.1, 0.15) is 23.1 Å². The third-order valence-corrected chi connectivity index (χ3v) is 4.68. The van der Waals surface area contributed by atoms with E-state index in [9.17, 15) is 14.4 Å². The number of amides is 3. The van der Waals surface area contributed by atoms with Gasteiger partial charge < -0.3 is 20.6 Å². The molecular weight excluding hydrogens is 358 g/mol. The largest absolute Gasteiger partial charge is 0.481 e. The third kappa shape index (κ3) is 5.09. The molecule has 3 rings (SSSR count). The lowest BCUT2D eigenvalue weighted by molar-refractivity contribution is -0.136. The lowest BCUT2D eigenvalue weighted by atomic mass is 10.0. The van der Waals surface area contributed by atoms with Gasteiger partial charge in [-0.05, 0) is 29.2 Å². The van der Waals surface area contributed by atoms with Crippen LogP contribution in [0, 0.1) is 0 Å². The number of para-hydroxylation sites is 1. The Bertz CT molecular complexity index is 881. The zero-order chi connectivity index (χ0) is 19.9. The van der Waals surface area contributed by atoms with E-state index in [0.29, 0.717) is 24.3 Å². The highest BCUT2D eigenvalue weighted by molar-refractivity contribution is 5.92. The number of rotatable bonds is 6. The van der Waals surface area contributed by atoms with Crippen LogP contribution in [0.5, 0.6) is 0 Å². The highest BCUT2D eigenvalue weighted by Crippen LogP contribution is 2.18. The van der Waals surface area contributed by atoms with E-state index < -0.39 is 5.97 Å². The fraction of sp³-hybridized carbons (Fsp3) is 0.286. The molecule has 0 radical (unpaired) electrons. The Balaban J connectivity index is 1.46. The van der Waals surface area contributed by atoms with Crippen LogP contribution in [0.15, 0.2) is 48.5 Å². The van der Waals surface area contributed by atoms with Gasteiger partial charge in [-0.15, -0.1) is 0 Å². The number of nitrogens with zero attached hydrogens (tertiary/aromatic N) is 1. The van der Waals surface area contributed by atoms with E-state index in [1.165, 1.54) is 5.56 Å². The zero-order valence-corrected chi connectivity index (χ0v) is 15.5. The van der Waals surface area contributed by atoms with Gasteiger partial charge in [-0.3, -0.25) is 9.59 Å². The Morgan fingerprint density at radius 2 is 1.71 bits per heavy atom. The fourth-order valence-corrected chi connectivity index (χ4v) is 3.24. The van der Waals surface area contributed by atoms with Crippen LogP contribution in [0.4, 0.5) is 10.5 Å². The molecule has 0 unspecified atom stereocenters. The predicted octanol–water partition coefficient (Wildman–Crippen LogP) is 2.41. The molecule has 1 heterocycles. The van der Waals surface area contributed by atoms with Crippen LogP contribution in [0.2, 0.25) is 0 Å². The molecule has 0 bridgehead atoms. The van der Waals surface area contributed by atoms with Crippen molar-refractivity contribution in [3.8, 4) is 0 Å². The van der Waals surface area contributed by atoms with Gasteiger partial charge >= 0.3 is 12.0 Å². The molecule has 7 heteroatoms. The van der Waals surface area contributed by atoms with Crippen LogP contribution in [-0.2, 0) is 29.0 Å². The first-order valence-electron chi connectivity index (χ1n) is 9.22. The second-order valence-electron chi connectivity index (χ2n) is 6.70. The molecule has 1 aliphatic heterocycles. The number of nitrogens with one attached hydrogen (secondary N) is 2. The number of hydrogen-bond donors (Lipinski definition) is 3. The van der Waals surface area contributed by atoms with Crippen LogP contribution < -0.4 is 10.6 Å². The van der Waals surface area contributed by atoms with Gasteiger partial charge in [0.1, 0.15) is 0 Å². The van der Waals surface area contributed by atoms with Crippen molar-refractivity contribution < 1.29 is 19.5 Å². The summed E-state index contributed by atoms with van der Waals surface area (Å²) in [4.78, 5) is 37.1. The van der Waals surface area contributed by atoms with Crippen molar-refractivity contribution in [1.29, 1.82) is 0 Å². The molecule has 0 atom stereocenters. The molecule has 0 fully saturated rings. The molecule has 7 nitrogen and oxygen atoms in total. The van der Waals surface area contributed by atoms with Gasteiger partial charge in [0.25, 0.3) is 0 Å². The second kappa shape index (κ2) is 9.03. The molecule has 28 heavy (non-hydrogen) atoms. The molecule has 2 aromatic carbocycles. The number of urea groups is 1. The average Bonchev–Trinajstić information content (AvgIpc) is 2.68. The van der Waals surface area contributed by atoms with Gasteiger partial charge in [0.2, 0.25) is 5.91 Å². The van der Waals surface area contributed by atoms with Gasteiger partial charge in [0.05, 0.1) is 6.42 Å². The zero-order valence-electron chi connectivity index (χ0n) is 15.5. The van der Waals surface area contributed by atoms with Gasteiger partial charge in [0.15, 0.2) is 0 Å². The summed E-state index contributed by atoms with van der Waals surface area (Å²) in [6.45, 7) is 1.43. The van der Waals surface area contributed by atoms with E-state index in [1.54, 1.807) is 29.2 Å². The Labute approximate surface area is 163 Å². The average molecular weight is 381 g/mol. The number of carbonyl (C=O) groups is 3. The van der Waals surface area contributed by atoms with Crippen LogP contribution in [0.25, 0.3) is 0 Å². The molecule has 146 valence electrons. The first-order valence-corrected chi connectivity index (χ1v) is 9.22. The van der Waals surface area contributed by atoms with Gasteiger partial charge in [-0.2, -0.15) is 0 Å². The van der Waals surface area contributed by atoms with Crippen molar-refractivity contribution in [1.82, 2.24) is 10.2 Å². The molecule has 3 N–H and O–H groups in total. The topological polar surface area (TPSA) is 98.7 Å². The number of carbonyl (C=O) groups excluding carboxylic acids is 2. The Morgan fingerprint density at radius 1 is 1.00 bits per heavy atom. The monoisotopic (exact) mass is 381 g/mol. The highest BCUT2D eigenvalue weighted by atomic mass is 16.4. The number of fused-ring (bicyclic) bond motifs is 1. The van der Waals surface area contributed by atoms with Crippen molar-refractivity contribution >= 4 is 23.6 Å². The van der Waals surface area contributed by atoms with Crippen LogP contribution in [0.3, 0.4) is 0 Å². The molecule has 2 aromatic rings. The lowest BCUT2D eigenvalue weighted by Crippen LogP contribution is -2.43. The molecule has 0 saturated carbocycles. The summed E-state index contributed by atoms with van der Waals surface area (Å²) < 4.78 is 0. The Hall–Kier alpha value is -3.35. The van der Waals surface area contributed by atoms with Crippen molar-refractivity contribution in [3.05, 3.63) is 65.2 Å². The predicted molar refractivity (Wildman–Crippen MR) is 105 cm³/mol. The summed E-state index contributed by atoms with van der Waals surface area (Å²) in [6.07, 6.45) is 0.769. The SMILES string of the molecule is O=C(O)Cc1ccccc1NC(=O)CCNC(=O)N1CCc2ccccc2C1. The summed E-state index contributed by atoms with van der Waals surface area (Å²) in [5.41, 5.74) is 3.44. The van der Waals surface area contributed by atoms with E-state index in [0.717, 1.165) is 12.0 Å². The lowest BCUT2D eigenvalue weighted by Gasteiger charge is -2.28. The number of hydrogen-bond acceptors (Lipinski definition) is 3. The van der Waals surface area contributed by atoms with E-state index >= 15 is 0 Å². The Kier molecular flexibility index (Phi) is 6.26. The summed E-state index contributed by atoms with van der Waals surface area (Å²) in [5, 5.41) is 14.4. The first-order chi connectivity index (χ1) is 13.5. The molecule has 3 amide bonds. The number of benzene rings is 2. The molecule has 0 aromatic heterocycles. The molecule has 1 aliphatic rings. The summed E-state index contributed by atoms with van der Waals surface area (Å²) in [5.74, 6) is -1.24. The van der Waals surface area contributed by atoms with Crippen LogP contribution in [-0.4, -0.2) is 41.0 Å². The fourth-order valence-electron chi connectivity index (χ4n) is 3.24. The minimum atomic E-state index is -0.961. The minimum Gasteiger partial charge on any atom is -0.481 e. The van der Waals surface area contributed by atoms with Crippen molar-refractivity contribution in [2.45, 2.75) is 25.8 Å². The van der Waals surface area contributed by atoms with E-state index in [2.05, 4.69) is 16.7 Å². The summed E-state index contributed by atoms with van der Waals surface area (Å²) >= 11 is 0.